The zero-order valence-electron chi connectivity index (χ0n) is 10.5. The van der Waals surface area contributed by atoms with Crippen LogP contribution in [0.5, 0.6) is 0 Å². The molecule has 1 aromatic rings. The third-order valence-corrected chi connectivity index (χ3v) is 3.32. The van der Waals surface area contributed by atoms with Crippen molar-refractivity contribution in [2.45, 2.75) is 52.5 Å². The van der Waals surface area contributed by atoms with E-state index in [0.717, 1.165) is 16.3 Å². The van der Waals surface area contributed by atoms with Crippen molar-refractivity contribution in [3.8, 4) is 0 Å². The lowest BCUT2D eigenvalue weighted by atomic mass is 10.1. The Morgan fingerprint density at radius 1 is 1.31 bits per heavy atom. The van der Waals surface area contributed by atoms with Gasteiger partial charge in [0.05, 0.1) is 0 Å². The van der Waals surface area contributed by atoms with Crippen molar-refractivity contribution in [1.29, 1.82) is 0 Å². The summed E-state index contributed by atoms with van der Waals surface area (Å²) >= 11 is 6.08. The molecular formula is C14H22ClN. The van der Waals surface area contributed by atoms with Crippen molar-refractivity contribution in [1.82, 2.24) is 0 Å². The van der Waals surface area contributed by atoms with Gasteiger partial charge in [0.25, 0.3) is 0 Å². The number of unbranched alkanes of at least 4 members (excludes halogenated alkanes) is 2. The summed E-state index contributed by atoms with van der Waals surface area (Å²) < 4.78 is 0. The Morgan fingerprint density at radius 3 is 2.75 bits per heavy atom. The number of anilines is 1. The monoisotopic (exact) mass is 239 g/mol. The first-order chi connectivity index (χ1) is 7.65. The molecule has 0 aliphatic rings. The molecule has 1 unspecified atom stereocenters. The van der Waals surface area contributed by atoms with Crippen molar-refractivity contribution >= 4 is 17.3 Å². The summed E-state index contributed by atoms with van der Waals surface area (Å²) in [7, 11) is 0. The molecule has 1 N–H and O–H groups in total. The number of benzene rings is 1. The van der Waals surface area contributed by atoms with Crippen LogP contribution in [-0.4, -0.2) is 6.04 Å². The molecule has 1 atom stereocenters. The van der Waals surface area contributed by atoms with Gasteiger partial charge in [-0.1, -0.05) is 43.9 Å². The zero-order chi connectivity index (χ0) is 12.0. The Balaban J connectivity index is 2.49. The maximum absolute atomic E-state index is 6.08. The molecule has 0 radical (unpaired) electrons. The van der Waals surface area contributed by atoms with E-state index in [1.54, 1.807) is 0 Å². The van der Waals surface area contributed by atoms with Gasteiger partial charge in [-0.05, 0) is 38.0 Å². The maximum atomic E-state index is 6.08. The van der Waals surface area contributed by atoms with Gasteiger partial charge in [-0.15, -0.1) is 0 Å². The number of rotatable bonds is 6. The minimum Gasteiger partial charge on any atom is -0.382 e. The van der Waals surface area contributed by atoms with Crippen LogP contribution in [0.25, 0.3) is 0 Å². The molecule has 0 fully saturated rings. The highest BCUT2D eigenvalue weighted by Gasteiger charge is 2.05. The second kappa shape index (κ2) is 6.80. The van der Waals surface area contributed by atoms with Crippen LogP contribution in [0.3, 0.4) is 0 Å². The largest absolute Gasteiger partial charge is 0.382 e. The third-order valence-electron chi connectivity index (χ3n) is 2.91. The van der Waals surface area contributed by atoms with Gasteiger partial charge in [0.1, 0.15) is 0 Å². The summed E-state index contributed by atoms with van der Waals surface area (Å²) in [5.41, 5.74) is 2.31. The first kappa shape index (κ1) is 13.4. The number of hydrogen-bond acceptors (Lipinski definition) is 1. The molecule has 0 amide bonds. The fraction of sp³-hybridized carbons (Fsp3) is 0.571. The van der Waals surface area contributed by atoms with Gasteiger partial charge >= 0.3 is 0 Å². The molecule has 90 valence electrons. The normalized spacial score (nSPS) is 12.5. The fourth-order valence-corrected chi connectivity index (χ4v) is 1.98. The van der Waals surface area contributed by atoms with Gasteiger partial charge in [-0.2, -0.15) is 0 Å². The second-order valence-electron chi connectivity index (χ2n) is 4.45. The topological polar surface area (TPSA) is 12.0 Å². The number of halogens is 1. The van der Waals surface area contributed by atoms with Gasteiger partial charge in [0.15, 0.2) is 0 Å². The molecule has 0 saturated carbocycles. The summed E-state index contributed by atoms with van der Waals surface area (Å²) in [4.78, 5) is 0. The van der Waals surface area contributed by atoms with Crippen LogP contribution >= 0.6 is 11.6 Å². The Kier molecular flexibility index (Phi) is 5.68. The van der Waals surface area contributed by atoms with Crippen molar-refractivity contribution in [3.05, 3.63) is 28.8 Å². The summed E-state index contributed by atoms with van der Waals surface area (Å²) in [6.07, 6.45) is 5.12. The van der Waals surface area contributed by atoms with Crippen LogP contribution in [0.2, 0.25) is 5.02 Å². The Bertz CT molecular complexity index is 323. The lowest BCUT2D eigenvalue weighted by Crippen LogP contribution is -2.15. The summed E-state index contributed by atoms with van der Waals surface area (Å²) in [5, 5.41) is 4.36. The van der Waals surface area contributed by atoms with E-state index in [-0.39, 0.29) is 0 Å². The van der Waals surface area contributed by atoms with E-state index in [9.17, 15) is 0 Å². The van der Waals surface area contributed by atoms with E-state index in [2.05, 4.69) is 32.2 Å². The van der Waals surface area contributed by atoms with Gasteiger partial charge in [0, 0.05) is 16.8 Å². The first-order valence-corrected chi connectivity index (χ1v) is 6.54. The molecule has 0 bridgehead atoms. The van der Waals surface area contributed by atoms with E-state index < -0.39 is 0 Å². The summed E-state index contributed by atoms with van der Waals surface area (Å²) in [6.45, 7) is 6.53. The molecule has 0 heterocycles. The van der Waals surface area contributed by atoms with Crippen LogP contribution in [-0.2, 0) is 0 Å². The molecule has 1 rings (SSSR count). The summed E-state index contributed by atoms with van der Waals surface area (Å²) in [6, 6.07) is 6.54. The van der Waals surface area contributed by atoms with E-state index in [1.807, 2.05) is 12.1 Å². The van der Waals surface area contributed by atoms with Crippen LogP contribution in [0.4, 0.5) is 5.69 Å². The van der Waals surface area contributed by atoms with E-state index in [1.165, 1.54) is 25.7 Å². The Hall–Kier alpha value is -0.690. The van der Waals surface area contributed by atoms with Gasteiger partial charge in [-0.25, -0.2) is 0 Å². The van der Waals surface area contributed by atoms with Gasteiger partial charge in [0.2, 0.25) is 0 Å². The standard InChI is InChI=1S/C14H22ClN/c1-4-5-6-8-11(2)16-14-10-7-9-13(15)12(14)3/h7,9-11,16H,4-6,8H2,1-3H3. The SMILES string of the molecule is CCCCCC(C)Nc1cccc(Cl)c1C. The van der Waals surface area contributed by atoms with Crippen LogP contribution in [0.15, 0.2) is 18.2 Å². The van der Waals surface area contributed by atoms with Crippen molar-refractivity contribution in [3.63, 3.8) is 0 Å². The Labute approximate surface area is 104 Å². The highest BCUT2D eigenvalue weighted by molar-refractivity contribution is 6.31. The third kappa shape index (κ3) is 4.05. The molecule has 0 aliphatic carbocycles. The Morgan fingerprint density at radius 2 is 2.06 bits per heavy atom. The van der Waals surface area contributed by atoms with Crippen LogP contribution in [0, 0.1) is 6.92 Å². The lowest BCUT2D eigenvalue weighted by Gasteiger charge is -2.17. The highest BCUT2D eigenvalue weighted by atomic mass is 35.5. The molecule has 1 nitrogen and oxygen atoms in total. The molecule has 0 spiro atoms. The molecule has 0 aliphatic heterocycles. The highest BCUT2D eigenvalue weighted by Crippen LogP contribution is 2.24. The number of nitrogens with one attached hydrogen (secondary N) is 1. The molecule has 0 saturated heterocycles. The zero-order valence-corrected chi connectivity index (χ0v) is 11.3. The second-order valence-corrected chi connectivity index (χ2v) is 4.86. The molecule has 2 heteroatoms. The predicted molar refractivity (Wildman–Crippen MR) is 73.4 cm³/mol. The van der Waals surface area contributed by atoms with Gasteiger partial charge in [-0.3, -0.25) is 0 Å². The average molecular weight is 240 g/mol. The minimum absolute atomic E-state index is 0.517. The lowest BCUT2D eigenvalue weighted by molar-refractivity contribution is 0.615. The van der Waals surface area contributed by atoms with Crippen LogP contribution in [0.1, 0.15) is 45.1 Å². The molecular weight excluding hydrogens is 218 g/mol. The van der Waals surface area contributed by atoms with Crippen molar-refractivity contribution in [2.75, 3.05) is 5.32 Å². The quantitative estimate of drug-likeness (QED) is 0.687. The average Bonchev–Trinajstić information content (AvgIpc) is 2.25. The predicted octanol–water partition coefficient (Wildman–Crippen LogP) is 5.03. The van der Waals surface area contributed by atoms with E-state index in [0.29, 0.717) is 6.04 Å². The number of hydrogen-bond donors (Lipinski definition) is 1. The van der Waals surface area contributed by atoms with Crippen LogP contribution < -0.4 is 5.32 Å². The smallest absolute Gasteiger partial charge is 0.0455 e. The van der Waals surface area contributed by atoms with Gasteiger partial charge < -0.3 is 5.32 Å². The minimum atomic E-state index is 0.517. The molecule has 0 aromatic heterocycles. The maximum Gasteiger partial charge on any atom is 0.0455 e. The fourth-order valence-electron chi connectivity index (χ4n) is 1.80. The van der Waals surface area contributed by atoms with Crippen molar-refractivity contribution < 1.29 is 0 Å². The van der Waals surface area contributed by atoms with E-state index in [4.69, 9.17) is 11.6 Å². The molecule has 1 aromatic carbocycles. The van der Waals surface area contributed by atoms with E-state index >= 15 is 0 Å². The summed E-state index contributed by atoms with van der Waals surface area (Å²) in [5.74, 6) is 0. The molecule has 16 heavy (non-hydrogen) atoms. The van der Waals surface area contributed by atoms with Crippen molar-refractivity contribution in [2.24, 2.45) is 0 Å². The first-order valence-electron chi connectivity index (χ1n) is 6.16.